The normalized spacial score (nSPS) is 20.2. The van der Waals surface area contributed by atoms with Crippen molar-refractivity contribution >= 4 is 29.9 Å². The molecule has 0 amide bonds. The Kier molecular flexibility index (Phi) is 7.87. The third-order valence-corrected chi connectivity index (χ3v) is 4.83. The van der Waals surface area contributed by atoms with Crippen molar-refractivity contribution < 1.29 is 4.42 Å². The average Bonchev–Trinajstić information content (AvgIpc) is 3.29. The predicted octanol–water partition coefficient (Wildman–Crippen LogP) is 3.40. The molecule has 0 aliphatic carbocycles. The van der Waals surface area contributed by atoms with E-state index in [9.17, 15) is 0 Å². The SMILES string of the molecule is CCNC(=NCC(c1ccc(C)o1)N1CCCC1)N1CCCC1.I. The van der Waals surface area contributed by atoms with E-state index in [4.69, 9.17) is 9.41 Å². The molecule has 3 heterocycles. The molecular weight excluding hydrogens is 415 g/mol. The van der Waals surface area contributed by atoms with Crippen LogP contribution < -0.4 is 5.32 Å². The number of furan rings is 1. The zero-order valence-electron chi connectivity index (χ0n) is 15.0. The largest absolute Gasteiger partial charge is 0.465 e. The molecule has 1 atom stereocenters. The maximum atomic E-state index is 5.93. The van der Waals surface area contributed by atoms with Gasteiger partial charge in [0, 0.05) is 19.6 Å². The molecule has 1 N–H and O–H groups in total. The predicted molar refractivity (Wildman–Crippen MR) is 109 cm³/mol. The monoisotopic (exact) mass is 446 g/mol. The van der Waals surface area contributed by atoms with Crippen molar-refractivity contribution in [3.63, 3.8) is 0 Å². The van der Waals surface area contributed by atoms with Crippen LogP contribution in [0.15, 0.2) is 21.5 Å². The molecule has 0 spiro atoms. The summed E-state index contributed by atoms with van der Waals surface area (Å²) in [5.74, 6) is 3.11. The molecule has 136 valence electrons. The number of aryl methyl sites for hydroxylation is 1. The number of rotatable bonds is 5. The number of nitrogens with zero attached hydrogens (tertiary/aromatic N) is 3. The van der Waals surface area contributed by atoms with Gasteiger partial charge in [-0.15, -0.1) is 24.0 Å². The van der Waals surface area contributed by atoms with E-state index in [1.807, 2.05) is 6.92 Å². The van der Waals surface area contributed by atoms with Crippen LogP contribution in [-0.2, 0) is 0 Å². The van der Waals surface area contributed by atoms with Gasteiger partial charge in [0.15, 0.2) is 5.96 Å². The van der Waals surface area contributed by atoms with Crippen LogP contribution in [0.25, 0.3) is 0 Å². The molecule has 2 fully saturated rings. The van der Waals surface area contributed by atoms with Gasteiger partial charge in [-0.05, 0) is 64.8 Å². The van der Waals surface area contributed by atoms with Crippen molar-refractivity contribution in [3.05, 3.63) is 23.7 Å². The minimum absolute atomic E-state index is 0. The van der Waals surface area contributed by atoms with Gasteiger partial charge in [-0.1, -0.05) is 0 Å². The summed E-state index contributed by atoms with van der Waals surface area (Å²) >= 11 is 0. The fourth-order valence-corrected chi connectivity index (χ4v) is 3.60. The second-order valence-electron chi connectivity index (χ2n) is 6.60. The fourth-order valence-electron chi connectivity index (χ4n) is 3.60. The Hall–Kier alpha value is -0.760. The Morgan fingerprint density at radius 3 is 2.42 bits per heavy atom. The molecule has 0 radical (unpaired) electrons. The third kappa shape index (κ3) is 4.88. The number of nitrogens with one attached hydrogen (secondary N) is 1. The standard InChI is InChI=1S/C18H30N4O.HI/c1-3-19-18(22-12-6-7-13-22)20-14-16(21-10-4-5-11-21)17-9-8-15(2)23-17;/h8-9,16H,3-7,10-14H2,1-2H3,(H,19,20);1H. The van der Waals surface area contributed by atoms with Crippen molar-refractivity contribution in [3.8, 4) is 0 Å². The van der Waals surface area contributed by atoms with Crippen molar-refractivity contribution in [1.29, 1.82) is 0 Å². The Bertz CT molecular complexity index is 519. The molecule has 5 nitrogen and oxygen atoms in total. The molecule has 3 rings (SSSR count). The zero-order valence-corrected chi connectivity index (χ0v) is 17.3. The number of halogens is 1. The van der Waals surface area contributed by atoms with Crippen LogP contribution >= 0.6 is 24.0 Å². The van der Waals surface area contributed by atoms with Gasteiger partial charge in [-0.2, -0.15) is 0 Å². The summed E-state index contributed by atoms with van der Waals surface area (Å²) in [6.07, 6.45) is 5.12. The Morgan fingerprint density at radius 2 is 1.83 bits per heavy atom. The Morgan fingerprint density at radius 1 is 1.17 bits per heavy atom. The van der Waals surface area contributed by atoms with Gasteiger partial charge >= 0.3 is 0 Å². The van der Waals surface area contributed by atoms with Crippen molar-refractivity contribution in [1.82, 2.24) is 15.1 Å². The lowest BCUT2D eigenvalue weighted by molar-refractivity contribution is 0.218. The maximum Gasteiger partial charge on any atom is 0.193 e. The number of likely N-dealkylation sites (tertiary alicyclic amines) is 2. The minimum Gasteiger partial charge on any atom is -0.465 e. The first-order valence-corrected chi connectivity index (χ1v) is 9.11. The maximum absolute atomic E-state index is 5.93. The molecule has 0 aromatic carbocycles. The zero-order chi connectivity index (χ0) is 16.1. The summed E-state index contributed by atoms with van der Waals surface area (Å²) in [5, 5.41) is 3.45. The second-order valence-corrected chi connectivity index (χ2v) is 6.60. The lowest BCUT2D eigenvalue weighted by Crippen LogP contribution is -2.40. The minimum atomic E-state index is 0. The molecule has 0 saturated carbocycles. The average molecular weight is 446 g/mol. The van der Waals surface area contributed by atoms with Crippen LogP contribution in [0.4, 0.5) is 0 Å². The molecule has 2 aliphatic rings. The van der Waals surface area contributed by atoms with E-state index < -0.39 is 0 Å². The van der Waals surface area contributed by atoms with Crippen LogP contribution in [0.3, 0.4) is 0 Å². The van der Waals surface area contributed by atoms with Crippen LogP contribution in [0.5, 0.6) is 0 Å². The first-order valence-electron chi connectivity index (χ1n) is 9.11. The number of hydrogen-bond donors (Lipinski definition) is 1. The first kappa shape index (κ1) is 19.6. The molecule has 24 heavy (non-hydrogen) atoms. The second kappa shape index (κ2) is 9.65. The van der Waals surface area contributed by atoms with Gasteiger partial charge in [-0.25, -0.2) is 0 Å². The molecule has 1 unspecified atom stereocenters. The van der Waals surface area contributed by atoms with Crippen LogP contribution in [0.2, 0.25) is 0 Å². The molecular formula is C18H31IN4O. The third-order valence-electron chi connectivity index (χ3n) is 4.83. The summed E-state index contributed by atoms with van der Waals surface area (Å²) in [5.41, 5.74) is 0. The summed E-state index contributed by atoms with van der Waals surface area (Å²) in [6, 6.07) is 4.45. The van der Waals surface area contributed by atoms with E-state index in [1.54, 1.807) is 0 Å². The quantitative estimate of drug-likeness (QED) is 0.428. The van der Waals surface area contributed by atoms with Gasteiger partial charge in [0.1, 0.15) is 11.5 Å². The van der Waals surface area contributed by atoms with Gasteiger partial charge in [0.2, 0.25) is 0 Å². The lowest BCUT2D eigenvalue weighted by atomic mass is 10.2. The summed E-state index contributed by atoms with van der Waals surface area (Å²) < 4.78 is 5.93. The highest BCUT2D eigenvalue weighted by molar-refractivity contribution is 14.0. The summed E-state index contributed by atoms with van der Waals surface area (Å²) in [7, 11) is 0. The van der Waals surface area contributed by atoms with Gasteiger partial charge in [0.05, 0.1) is 12.6 Å². The Balaban J connectivity index is 0.00000208. The molecule has 0 bridgehead atoms. The fraction of sp³-hybridized carbons (Fsp3) is 0.722. The van der Waals surface area contributed by atoms with Crippen LogP contribution in [0, 0.1) is 6.92 Å². The number of guanidine groups is 1. The van der Waals surface area contributed by atoms with Gasteiger partial charge in [-0.3, -0.25) is 9.89 Å². The van der Waals surface area contributed by atoms with Crippen molar-refractivity contribution in [2.75, 3.05) is 39.3 Å². The topological polar surface area (TPSA) is 44.0 Å². The van der Waals surface area contributed by atoms with E-state index in [0.717, 1.165) is 56.7 Å². The molecule has 2 saturated heterocycles. The summed E-state index contributed by atoms with van der Waals surface area (Å²) in [6.45, 7) is 10.4. The van der Waals surface area contributed by atoms with E-state index in [-0.39, 0.29) is 30.0 Å². The Labute approximate surface area is 162 Å². The highest BCUT2D eigenvalue weighted by Crippen LogP contribution is 2.27. The number of hydrogen-bond acceptors (Lipinski definition) is 3. The van der Waals surface area contributed by atoms with E-state index in [0.29, 0.717) is 0 Å². The van der Waals surface area contributed by atoms with Crippen molar-refractivity contribution in [2.24, 2.45) is 4.99 Å². The van der Waals surface area contributed by atoms with Crippen LogP contribution in [0.1, 0.15) is 50.2 Å². The van der Waals surface area contributed by atoms with E-state index in [1.165, 1.54) is 25.7 Å². The van der Waals surface area contributed by atoms with Gasteiger partial charge in [0.25, 0.3) is 0 Å². The molecule has 1 aromatic heterocycles. The highest BCUT2D eigenvalue weighted by atomic mass is 127. The smallest absolute Gasteiger partial charge is 0.193 e. The lowest BCUT2D eigenvalue weighted by Gasteiger charge is -2.26. The van der Waals surface area contributed by atoms with Crippen LogP contribution in [-0.4, -0.2) is 55.0 Å². The molecule has 6 heteroatoms. The van der Waals surface area contributed by atoms with Gasteiger partial charge < -0.3 is 14.6 Å². The molecule has 1 aromatic rings. The highest BCUT2D eigenvalue weighted by Gasteiger charge is 2.26. The van der Waals surface area contributed by atoms with E-state index >= 15 is 0 Å². The molecule has 2 aliphatic heterocycles. The van der Waals surface area contributed by atoms with E-state index in [2.05, 4.69) is 34.2 Å². The number of aliphatic imine (C=N–C) groups is 1. The van der Waals surface area contributed by atoms with Crippen molar-refractivity contribution in [2.45, 2.75) is 45.6 Å². The summed E-state index contributed by atoms with van der Waals surface area (Å²) in [4.78, 5) is 9.87. The first-order chi connectivity index (χ1) is 11.3.